The second kappa shape index (κ2) is 11.4. The molecule has 2 atom stereocenters. The normalized spacial score (nSPS) is 16.1. The number of nitrogens with one attached hydrogen (secondary N) is 3. The van der Waals surface area contributed by atoms with Gasteiger partial charge >= 0.3 is 0 Å². The van der Waals surface area contributed by atoms with Gasteiger partial charge in [-0.3, -0.25) is 30.6 Å². The van der Waals surface area contributed by atoms with Crippen molar-refractivity contribution >= 4 is 35.1 Å². The van der Waals surface area contributed by atoms with Crippen LogP contribution in [0.3, 0.4) is 0 Å². The maximum Gasteiger partial charge on any atom is 0.257 e. The van der Waals surface area contributed by atoms with E-state index in [9.17, 15) is 14.4 Å². The van der Waals surface area contributed by atoms with Crippen molar-refractivity contribution in [3.63, 3.8) is 0 Å². The van der Waals surface area contributed by atoms with Gasteiger partial charge < -0.3 is 9.64 Å². The van der Waals surface area contributed by atoms with Crippen LogP contribution in [0.15, 0.2) is 54.6 Å². The SMILES string of the molecule is CCC(C)Oc1ccc(C(=O)NC(=S)NNC(=O)C2CC(=O)N(Cc3ccccc3)C2)cc1. The van der Waals surface area contributed by atoms with E-state index in [-0.39, 0.29) is 29.5 Å². The summed E-state index contributed by atoms with van der Waals surface area (Å²) in [5.74, 6) is -0.661. The Balaban J connectivity index is 1.43. The van der Waals surface area contributed by atoms with Crippen LogP contribution in [0.25, 0.3) is 0 Å². The molecule has 0 bridgehead atoms. The number of likely N-dealkylation sites (tertiary alicyclic amines) is 1. The molecule has 3 N–H and O–H groups in total. The molecule has 174 valence electrons. The molecule has 1 saturated heterocycles. The molecule has 1 fully saturated rings. The summed E-state index contributed by atoms with van der Waals surface area (Å²) in [4.78, 5) is 38.8. The minimum Gasteiger partial charge on any atom is -0.491 e. The van der Waals surface area contributed by atoms with Crippen LogP contribution in [0.1, 0.15) is 42.6 Å². The van der Waals surface area contributed by atoms with Gasteiger partial charge in [-0.2, -0.15) is 0 Å². The standard InChI is InChI=1S/C24H28N4O4S/c1-3-16(2)32-20-11-9-18(10-12-20)22(30)25-24(33)27-26-23(31)19-13-21(29)28(15-19)14-17-7-5-4-6-8-17/h4-12,16,19H,3,13-15H2,1-2H3,(H,26,31)(H2,25,27,30,33). The fourth-order valence-corrected chi connectivity index (χ4v) is 3.48. The van der Waals surface area contributed by atoms with Crippen LogP contribution in [0.2, 0.25) is 0 Å². The van der Waals surface area contributed by atoms with Crippen molar-refractivity contribution in [1.29, 1.82) is 0 Å². The van der Waals surface area contributed by atoms with Crippen molar-refractivity contribution in [3.8, 4) is 5.75 Å². The Morgan fingerprint density at radius 2 is 1.82 bits per heavy atom. The lowest BCUT2D eigenvalue weighted by atomic mass is 10.1. The molecule has 33 heavy (non-hydrogen) atoms. The highest BCUT2D eigenvalue weighted by Crippen LogP contribution is 2.20. The Labute approximate surface area is 198 Å². The van der Waals surface area contributed by atoms with Crippen LogP contribution >= 0.6 is 12.2 Å². The lowest BCUT2D eigenvalue weighted by molar-refractivity contribution is -0.129. The van der Waals surface area contributed by atoms with Crippen molar-refractivity contribution in [1.82, 2.24) is 21.1 Å². The maximum atomic E-state index is 12.5. The average molecular weight is 469 g/mol. The number of nitrogens with zero attached hydrogens (tertiary/aromatic N) is 1. The van der Waals surface area contributed by atoms with E-state index in [4.69, 9.17) is 17.0 Å². The topological polar surface area (TPSA) is 99.8 Å². The zero-order valence-electron chi connectivity index (χ0n) is 18.7. The number of hydrogen-bond acceptors (Lipinski definition) is 5. The van der Waals surface area contributed by atoms with E-state index < -0.39 is 11.8 Å². The average Bonchev–Trinajstić information content (AvgIpc) is 3.18. The van der Waals surface area contributed by atoms with Crippen molar-refractivity contribution in [2.24, 2.45) is 5.92 Å². The third-order valence-electron chi connectivity index (χ3n) is 5.36. The van der Waals surface area contributed by atoms with Gasteiger partial charge in [-0.15, -0.1) is 0 Å². The van der Waals surface area contributed by atoms with Gasteiger partial charge in [0.15, 0.2) is 5.11 Å². The van der Waals surface area contributed by atoms with E-state index in [1.54, 1.807) is 29.2 Å². The number of hydrazine groups is 1. The lowest BCUT2D eigenvalue weighted by Crippen LogP contribution is -2.50. The van der Waals surface area contributed by atoms with Gasteiger partial charge in [0.2, 0.25) is 11.8 Å². The molecular weight excluding hydrogens is 440 g/mol. The predicted octanol–water partition coefficient (Wildman–Crippen LogP) is 2.55. The summed E-state index contributed by atoms with van der Waals surface area (Å²) in [5.41, 5.74) is 6.42. The third kappa shape index (κ3) is 7.01. The smallest absolute Gasteiger partial charge is 0.257 e. The van der Waals surface area contributed by atoms with Gasteiger partial charge in [0.05, 0.1) is 12.0 Å². The highest BCUT2D eigenvalue weighted by Gasteiger charge is 2.34. The molecule has 2 unspecified atom stereocenters. The summed E-state index contributed by atoms with van der Waals surface area (Å²) in [7, 11) is 0. The van der Waals surface area contributed by atoms with Crippen LogP contribution in [0, 0.1) is 5.92 Å². The van der Waals surface area contributed by atoms with Crippen LogP contribution in [-0.4, -0.2) is 40.4 Å². The molecule has 3 amide bonds. The first-order chi connectivity index (χ1) is 15.9. The van der Waals surface area contributed by atoms with Gasteiger partial charge in [0, 0.05) is 25.1 Å². The fraction of sp³-hybridized carbons (Fsp3) is 0.333. The second-order valence-electron chi connectivity index (χ2n) is 7.92. The third-order valence-corrected chi connectivity index (χ3v) is 5.56. The molecule has 0 aromatic heterocycles. The largest absolute Gasteiger partial charge is 0.491 e. The molecule has 0 saturated carbocycles. The van der Waals surface area contributed by atoms with Gasteiger partial charge in [-0.05, 0) is 55.4 Å². The number of amides is 3. The monoisotopic (exact) mass is 468 g/mol. The van der Waals surface area contributed by atoms with Crippen molar-refractivity contribution < 1.29 is 19.1 Å². The Morgan fingerprint density at radius 3 is 2.48 bits per heavy atom. The number of carbonyl (C=O) groups is 3. The number of hydrogen-bond donors (Lipinski definition) is 3. The number of thiocarbonyl (C=S) groups is 1. The van der Waals surface area contributed by atoms with Crippen LogP contribution < -0.4 is 20.9 Å². The van der Waals surface area contributed by atoms with Gasteiger partial charge in [-0.1, -0.05) is 37.3 Å². The second-order valence-corrected chi connectivity index (χ2v) is 8.33. The van der Waals surface area contributed by atoms with E-state index in [2.05, 4.69) is 16.2 Å². The Hall–Kier alpha value is -3.46. The molecule has 0 spiro atoms. The molecule has 0 aliphatic carbocycles. The molecule has 3 rings (SSSR count). The summed E-state index contributed by atoms with van der Waals surface area (Å²) in [5, 5.41) is 2.47. The Morgan fingerprint density at radius 1 is 1.12 bits per heavy atom. The van der Waals surface area contributed by atoms with Gasteiger partial charge in [0.1, 0.15) is 5.75 Å². The maximum absolute atomic E-state index is 12.5. The highest BCUT2D eigenvalue weighted by molar-refractivity contribution is 7.80. The molecule has 1 heterocycles. The molecule has 8 nitrogen and oxygen atoms in total. The Bertz CT molecular complexity index is 997. The summed E-state index contributed by atoms with van der Waals surface area (Å²) in [6.07, 6.45) is 1.10. The van der Waals surface area contributed by atoms with E-state index >= 15 is 0 Å². The molecule has 1 aliphatic rings. The molecule has 0 radical (unpaired) electrons. The first kappa shape index (κ1) is 24.2. The minimum atomic E-state index is -0.495. The van der Waals surface area contributed by atoms with E-state index in [0.717, 1.165) is 12.0 Å². The zero-order chi connectivity index (χ0) is 23.8. The number of rotatable bonds is 7. The van der Waals surface area contributed by atoms with Gasteiger partial charge in [0.25, 0.3) is 5.91 Å². The molecular formula is C24H28N4O4S. The Kier molecular flexibility index (Phi) is 8.37. The zero-order valence-corrected chi connectivity index (χ0v) is 19.5. The first-order valence-electron chi connectivity index (χ1n) is 10.8. The molecule has 2 aromatic rings. The summed E-state index contributed by atoms with van der Waals surface area (Å²) in [6, 6.07) is 16.3. The summed E-state index contributed by atoms with van der Waals surface area (Å²) >= 11 is 5.10. The molecule has 2 aromatic carbocycles. The van der Waals surface area contributed by atoms with Gasteiger partial charge in [-0.25, -0.2) is 0 Å². The minimum absolute atomic E-state index is 0.0428. The van der Waals surface area contributed by atoms with Crippen LogP contribution in [-0.2, 0) is 16.1 Å². The fourth-order valence-electron chi connectivity index (χ4n) is 3.33. The van der Waals surface area contributed by atoms with Crippen LogP contribution in [0.5, 0.6) is 5.75 Å². The van der Waals surface area contributed by atoms with E-state index in [1.165, 1.54) is 0 Å². The molecule has 9 heteroatoms. The van der Waals surface area contributed by atoms with Crippen molar-refractivity contribution in [2.45, 2.75) is 39.3 Å². The number of ether oxygens (including phenoxy) is 1. The van der Waals surface area contributed by atoms with Crippen LogP contribution in [0.4, 0.5) is 0 Å². The van der Waals surface area contributed by atoms with E-state index in [1.807, 2.05) is 44.2 Å². The predicted molar refractivity (Wildman–Crippen MR) is 128 cm³/mol. The quantitative estimate of drug-likeness (QED) is 0.427. The lowest BCUT2D eigenvalue weighted by Gasteiger charge is -2.17. The number of benzene rings is 2. The summed E-state index contributed by atoms with van der Waals surface area (Å²) in [6.45, 7) is 4.80. The summed E-state index contributed by atoms with van der Waals surface area (Å²) < 4.78 is 5.70. The van der Waals surface area contributed by atoms with Crippen molar-refractivity contribution in [2.75, 3.05) is 6.54 Å². The van der Waals surface area contributed by atoms with E-state index in [0.29, 0.717) is 24.4 Å². The highest BCUT2D eigenvalue weighted by atomic mass is 32.1. The first-order valence-corrected chi connectivity index (χ1v) is 11.3. The van der Waals surface area contributed by atoms with Crippen molar-refractivity contribution in [3.05, 3.63) is 65.7 Å². The molecule has 1 aliphatic heterocycles. The number of carbonyl (C=O) groups excluding carboxylic acids is 3.